The van der Waals surface area contributed by atoms with E-state index >= 15 is 0 Å². The summed E-state index contributed by atoms with van der Waals surface area (Å²) in [6, 6.07) is 19.9. The number of allylic oxidation sites excluding steroid dienone is 2. The summed E-state index contributed by atoms with van der Waals surface area (Å²) >= 11 is 5.97. The number of ether oxygens (including phenoxy) is 4. The molecule has 3 aromatic carbocycles. The summed E-state index contributed by atoms with van der Waals surface area (Å²) in [5.41, 5.74) is 2.97. The van der Waals surface area contributed by atoms with Gasteiger partial charge in [0, 0.05) is 27.3 Å². The molecule has 0 bridgehead atoms. The van der Waals surface area contributed by atoms with Crippen LogP contribution < -0.4 is 14.2 Å². The molecule has 2 heterocycles. The average molecular weight is 460 g/mol. The molecule has 0 radical (unpaired) electrons. The van der Waals surface area contributed by atoms with Crippen LogP contribution in [-0.4, -0.2) is 26.1 Å². The lowest BCUT2D eigenvalue weighted by Crippen LogP contribution is -2.08. The lowest BCUT2D eigenvalue weighted by Gasteiger charge is -2.21. The van der Waals surface area contributed by atoms with Gasteiger partial charge < -0.3 is 18.9 Å². The number of carbonyl (C=O) groups is 1. The lowest BCUT2D eigenvalue weighted by molar-refractivity contribution is -0.129. The van der Waals surface area contributed by atoms with Crippen molar-refractivity contribution in [2.45, 2.75) is 0 Å². The summed E-state index contributed by atoms with van der Waals surface area (Å²) in [6.45, 7) is 0. The quantitative estimate of drug-likeness (QED) is 0.380. The summed E-state index contributed by atoms with van der Waals surface area (Å²) in [5, 5.41) is 0.586. The third kappa shape index (κ3) is 3.85. The Morgan fingerprint density at radius 1 is 0.848 bits per heavy atom. The summed E-state index contributed by atoms with van der Waals surface area (Å²) in [7, 11) is 3.15. The molecule has 0 amide bonds. The van der Waals surface area contributed by atoms with E-state index in [1.807, 2.05) is 36.4 Å². The van der Waals surface area contributed by atoms with Crippen LogP contribution >= 0.6 is 11.6 Å². The third-order valence-corrected chi connectivity index (χ3v) is 5.53. The van der Waals surface area contributed by atoms with Crippen LogP contribution in [0.3, 0.4) is 0 Å². The van der Waals surface area contributed by atoms with Crippen LogP contribution in [0.1, 0.15) is 16.7 Å². The van der Waals surface area contributed by atoms with Gasteiger partial charge in [0.1, 0.15) is 11.5 Å². The third-order valence-electron chi connectivity index (χ3n) is 5.28. The topological polar surface area (TPSA) is 66.4 Å². The van der Waals surface area contributed by atoms with Crippen LogP contribution in [0.15, 0.2) is 83.5 Å². The van der Waals surface area contributed by atoms with Crippen LogP contribution in [0.5, 0.6) is 17.2 Å². The molecular weight excluding hydrogens is 442 g/mol. The molecule has 33 heavy (non-hydrogen) atoms. The van der Waals surface area contributed by atoms with E-state index in [0.717, 1.165) is 11.1 Å². The van der Waals surface area contributed by atoms with E-state index in [9.17, 15) is 4.79 Å². The van der Waals surface area contributed by atoms with Crippen LogP contribution in [0, 0.1) is 0 Å². The number of fused-ring (bicyclic) bond motifs is 1. The molecule has 2 aliphatic heterocycles. The molecular formula is C26H18ClNO5. The monoisotopic (exact) mass is 459 g/mol. The fourth-order valence-corrected chi connectivity index (χ4v) is 3.78. The average Bonchev–Trinajstić information content (AvgIpc) is 3.24. The van der Waals surface area contributed by atoms with Gasteiger partial charge in [-0.15, -0.1) is 0 Å². The van der Waals surface area contributed by atoms with E-state index in [4.69, 9.17) is 30.5 Å². The van der Waals surface area contributed by atoms with Crippen molar-refractivity contribution in [3.8, 4) is 17.2 Å². The van der Waals surface area contributed by atoms with Gasteiger partial charge in [0.05, 0.1) is 14.2 Å². The molecule has 0 aromatic heterocycles. The fraction of sp³-hybridized carbons (Fsp3) is 0.0769. The Morgan fingerprint density at radius 2 is 1.58 bits per heavy atom. The molecule has 5 rings (SSSR count). The second-order valence-corrected chi connectivity index (χ2v) is 7.69. The lowest BCUT2D eigenvalue weighted by atomic mass is 9.97. The maximum atomic E-state index is 12.8. The van der Waals surface area contributed by atoms with E-state index in [0.29, 0.717) is 39.2 Å². The van der Waals surface area contributed by atoms with Crippen molar-refractivity contribution >= 4 is 34.8 Å². The molecule has 7 heteroatoms. The number of rotatable bonds is 4. The molecule has 0 saturated carbocycles. The number of benzene rings is 3. The number of methoxy groups -OCH3 is 2. The van der Waals surface area contributed by atoms with Gasteiger partial charge in [0.2, 0.25) is 5.90 Å². The summed E-state index contributed by atoms with van der Waals surface area (Å²) in [4.78, 5) is 17.4. The van der Waals surface area contributed by atoms with Gasteiger partial charge in [-0.2, -0.15) is 0 Å². The summed E-state index contributed by atoms with van der Waals surface area (Å²) < 4.78 is 22.4. The Labute approximate surface area is 195 Å². The van der Waals surface area contributed by atoms with Gasteiger partial charge in [-0.05, 0) is 54.6 Å². The number of carbonyl (C=O) groups excluding carboxylic acids is 1. The largest absolute Gasteiger partial charge is 0.493 e. The van der Waals surface area contributed by atoms with Gasteiger partial charge in [-0.1, -0.05) is 29.8 Å². The van der Waals surface area contributed by atoms with E-state index in [2.05, 4.69) is 4.99 Å². The zero-order valence-corrected chi connectivity index (χ0v) is 18.6. The summed E-state index contributed by atoms with van der Waals surface area (Å²) in [5.74, 6) is 2.01. The second-order valence-electron chi connectivity index (χ2n) is 7.25. The Morgan fingerprint density at radius 3 is 2.33 bits per heavy atom. The number of aliphatic imine (C=N–C) groups is 1. The number of halogens is 1. The van der Waals surface area contributed by atoms with E-state index in [1.165, 1.54) is 0 Å². The molecule has 0 aliphatic carbocycles. The highest BCUT2D eigenvalue weighted by atomic mass is 35.5. The van der Waals surface area contributed by atoms with E-state index in [1.54, 1.807) is 50.6 Å². The fourth-order valence-electron chi connectivity index (χ4n) is 3.65. The number of nitrogens with zero attached hydrogens (tertiary/aromatic N) is 1. The Kier molecular flexibility index (Phi) is 5.36. The predicted octanol–water partition coefficient (Wildman–Crippen LogP) is 5.51. The van der Waals surface area contributed by atoms with Gasteiger partial charge >= 0.3 is 5.97 Å². The SMILES string of the molecule is COc1ccc(C2=CC(=C3N=C(c4ccc(Cl)cc4)OC3=O)c3ccccc3O2)cc1OC. The Bertz CT molecular complexity index is 1360. The highest BCUT2D eigenvalue weighted by Gasteiger charge is 2.30. The normalized spacial score (nSPS) is 16.9. The standard InChI is InChI=1S/C26H18ClNO5/c1-30-21-12-9-16(13-23(21)31-2)22-14-19(18-5-3-4-6-20(18)32-22)24-26(29)33-25(28-24)15-7-10-17(27)11-8-15/h3-14H,1-2H3. The minimum atomic E-state index is -0.533. The first-order valence-electron chi connectivity index (χ1n) is 10.1. The highest BCUT2D eigenvalue weighted by Crippen LogP contribution is 2.41. The number of esters is 1. The minimum Gasteiger partial charge on any atom is -0.493 e. The molecule has 3 aromatic rings. The van der Waals surface area contributed by atoms with E-state index in [-0.39, 0.29) is 11.6 Å². The predicted molar refractivity (Wildman–Crippen MR) is 126 cm³/mol. The molecule has 0 fully saturated rings. The second kappa shape index (κ2) is 8.48. The zero-order chi connectivity index (χ0) is 22.9. The van der Waals surface area contributed by atoms with Crippen LogP contribution in [-0.2, 0) is 9.53 Å². The van der Waals surface area contributed by atoms with Gasteiger partial charge in [0.15, 0.2) is 17.2 Å². The van der Waals surface area contributed by atoms with Crippen molar-refractivity contribution < 1.29 is 23.7 Å². The van der Waals surface area contributed by atoms with Crippen LogP contribution in [0.2, 0.25) is 5.02 Å². The molecule has 2 aliphatic rings. The van der Waals surface area contributed by atoms with Crippen LogP contribution in [0.25, 0.3) is 11.3 Å². The van der Waals surface area contributed by atoms with Crippen molar-refractivity contribution in [1.29, 1.82) is 0 Å². The van der Waals surface area contributed by atoms with E-state index < -0.39 is 5.97 Å². The molecule has 0 spiro atoms. The first-order chi connectivity index (χ1) is 16.1. The van der Waals surface area contributed by atoms with Crippen molar-refractivity contribution in [2.24, 2.45) is 4.99 Å². The molecule has 0 atom stereocenters. The molecule has 0 saturated heterocycles. The van der Waals surface area contributed by atoms with Crippen molar-refractivity contribution in [3.63, 3.8) is 0 Å². The summed E-state index contributed by atoms with van der Waals surface area (Å²) in [6.07, 6.45) is 1.79. The number of cyclic esters (lactones) is 1. The number of hydrogen-bond acceptors (Lipinski definition) is 6. The smallest absolute Gasteiger partial charge is 0.364 e. The Hall–Kier alpha value is -4.03. The molecule has 6 nitrogen and oxygen atoms in total. The van der Waals surface area contributed by atoms with Gasteiger partial charge in [-0.3, -0.25) is 0 Å². The van der Waals surface area contributed by atoms with Gasteiger partial charge in [0.25, 0.3) is 0 Å². The maximum absolute atomic E-state index is 12.8. The minimum absolute atomic E-state index is 0.202. The maximum Gasteiger partial charge on any atom is 0.364 e. The van der Waals surface area contributed by atoms with Crippen molar-refractivity contribution in [3.05, 3.63) is 100 Å². The first kappa shape index (κ1) is 20.8. The molecule has 164 valence electrons. The van der Waals surface area contributed by atoms with Gasteiger partial charge in [-0.25, -0.2) is 9.79 Å². The van der Waals surface area contributed by atoms with Crippen LogP contribution in [0.4, 0.5) is 0 Å². The molecule has 0 N–H and O–H groups in total. The zero-order valence-electron chi connectivity index (χ0n) is 17.8. The first-order valence-corrected chi connectivity index (χ1v) is 10.5. The van der Waals surface area contributed by atoms with Crippen molar-refractivity contribution in [1.82, 2.24) is 0 Å². The Balaban J connectivity index is 1.65. The number of hydrogen-bond donors (Lipinski definition) is 0. The molecule has 0 unspecified atom stereocenters. The number of para-hydroxylation sites is 1. The van der Waals surface area contributed by atoms with Crippen molar-refractivity contribution in [2.75, 3.05) is 14.2 Å². The highest BCUT2D eigenvalue weighted by molar-refractivity contribution is 6.30.